The molecule has 210 valence electrons. The number of ether oxygens (including phenoxy) is 3. The largest absolute Gasteiger partial charge is 0.573 e. The number of aliphatic imine (C=N–C) groups is 1. The molecule has 0 aromatic heterocycles. The van der Waals surface area contributed by atoms with Gasteiger partial charge in [-0.2, -0.15) is 0 Å². The van der Waals surface area contributed by atoms with E-state index in [1.165, 1.54) is 23.1 Å². The Balaban J connectivity index is 1.50. The third kappa shape index (κ3) is 6.33. The van der Waals surface area contributed by atoms with Crippen molar-refractivity contribution in [2.24, 2.45) is 22.6 Å². The fourth-order valence-electron chi connectivity index (χ4n) is 5.49. The van der Waals surface area contributed by atoms with Crippen LogP contribution in [0.2, 0.25) is 0 Å². The van der Waals surface area contributed by atoms with Gasteiger partial charge in [-0.25, -0.2) is 4.99 Å². The van der Waals surface area contributed by atoms with Gasteiger partial charge in [-0.1, -0.05) is 0 Å². The number of nitrogens with zero attached hydrogens (tertiary/aromatic N) is 2. The summed E-state index contributed by atoms with van der Waals surface area (Å²) in [5.41, 5.74) is 5.46. The fraction of sp³-hybridized carbons (Fsp3) is 0.654. The molecule has 1 aliphatic carbocycles. The highest BCUT2D eigenvalue weighted by molar-refractivity contribution is 5.99. The second kappa shape index (κ2) is 9.94. The molecule has 1 saturated carbocycles. The van der Waals surface area contributed by atoms with E-state index in [9.17, 15) is 22.8 Å². The van der Waals surface area contributed by atoms with E-state index in [0.717, 1.165) is 0 Å². The molecule has 0 radical (unpaired) electrons. The lowest BCUT2D eigenvalue weighted by atomic mass is 9.89. The maximum absolute atomic E-state index is 13.4. The highest BCUT2D eigenvalue weighted by Gasteiger charge is 2.52. The van der Waals surface area contributed by atoms with Crippen LogP contribution < -0.4 is 20.5 Å². The lowest BCUT2D eigenvalue weighted by Crippen LogP contribution is -2.55. The lowest BCUT2D eigenvalue weighted by molar-refractivity contribution is -0.274. The first kappa shape index (κ1) is 28.0. The van der Waals surface area contributed by atoms with Gasteiger partial charge in [-0.05, 0) is 58.6 Å². The third-order valence-electron chi connectivity index (χ3n) is 7.13. The number of fused-ring (bicyclic) bond motifs is 1. The second-order valence-corrected chi connectivity index (χ2v) is 11.5. The van der Waals surface area contributed by atoms with Crippen molar-refractivity contribution >= 4 is 17.8 Å². The monoisotopic (exact) mass is 540 g/mol. The summed E-state index contributed by atoms with van der Waals surface area (Å²) in [6.45, 7) is 7.69. The lowest BCUT2D eigenvalue weighted by Gasteiger charge is -2.38. The molecule has 4 atom stereocenters. The Morgan fingerprint density at radius 2 is 2.03 bits per heavy atom. The Hall–Kier alpha value is -3.02. The Morgan fingerprint density at radius 3 is 2.66 bits per heavy atom. The molecule has 4 rings (SSSR count). The Labute approximate surface area is 219 Å². The van der Waals surface area contributed by atoms with Gasteiger partial charge in [-0.3, -0.25) is 14.5 Å². The van der Waals surface area contributed by atoms with Gasteiger partial charge in [0.05, 0.1) is 18.0 Å². The van der Waals surface area contributed by atoms with E-state index in [0.29, 0.717) is 31.4 Å². The van der Waals surface area contributed by atoms with Gasteiger partial charge in [0.15, 0.2) is 5.96 Å². The minimum absolute atomic E-state index is 0.126. The van der Waals surface area contributed by atoms with Crippen molar-refractivity contribution in [1.29, 1.82) is 0 Å². The number of nitrogens with one attached hydrogen (secondary N) is 1. The summed E-state index contributed by atoms with van der Waals surface area (Å²) in [4.78, 5) is 32.4. The Morgan fingerprint density at radius 1 is 1.32 bits per heavy atom. The molecule has 38 heavy (non-hydrogen) atoms. The first-order valence-corrected chi connectivity index (χ1v) is 12.6. The van der Waals surface area contributed by atoms with Gasteiger partial charge < -0.3 is 25.3 Å². The number of nitrogens with two attached hydrogens (primary N) is 1. The van der Waals surface area contributed by atoms with E-state index < -0.39 is 29.3 Å². The summed E-state index contributed by atoms with van der Waals surface area (Å²) in [5, 5.41) is 3.06. The van der Waals surface area contributed by atoms with E-state index in [-0.39, 0.29) is 47.8 Å². The SMILES string of the molecule is COCC[C@H]([C@H]1C[C@@H]1C(=O)NC1CC(C)(C)Oc2cc(OC(F)(F)F)ccc21)N1C(=O)CC(C)(C)N=C1N. The van der Waals surface area contributed by atoms with Crippen molar-refractivity contribution in [3.8, 4) is 11.5 Å². The number of amides is 2. The Kier molecular flexibility index (Phi) is 7.32. The molecule has 1 unspecified atom stereocenters. The third-order valence-corrected chi connectivity index (χ3v) is 7.13. The van der Waals surface area contributed by atoms with Gasteiger partial charge >= 0.3 is 6.36 Å². The molecule has 3 aliphatic rings. The molecule has 3 N–H and O–H groups in total. The van der Waals surface area contributed by atoms with E-state index in [4.69, 9.17) is 15.2 Å². The van der Waals surface area contributed by atoms with Gasteiger partial charge in [0.25, 0.3) is 0 Å². The van der Waals surface area contributed by atoms with Crippen LogP contribution in [-0.4, -0.2) is 59.9 Å². The molecule has 9 nitrogen and oxygen atoms in total. The predicted molar refractivity (Wildman–Crippen MR) is 132 cm³/mol. The van der Waals surface area contributed by atoms with E-state index in [1.54, 1.807) is 21.0 Å². The zero-order valence-electron chi connectivity index (χ0n) is 22.2. The van der Waals surface area contributed by atoms with Gasteiger partial charge in [0.2, 0.25) is 11.8 Å². The van der Waals surface area contributed by atoms with Gasteiger partial charge in [0, 0.05) is 43.7 Å². The van der Waals surface area contributed by atoms with Crippen molar-refractivity contribution in [2.45, 2.75) is 83.0 Å². The van der Waals surface area contributed by atoms with E-state index in [1.807, 2.05) is 13.8 Å². The van der Waals surface area contributed by atoms with Crippen LogP contribution in [-0.2, 0) is 14.3 Å². The smallest absolute Gasteiger partial charge is 0.487 e. The zero-order valence-corrected chi connectivity index (χ0v) is 22.2. The van der Waals surface area contributed by atoms with Crippen LogP contribution in [0, 0.1) is 11.8 Å². The van der Waals surface area contributed by atoms with Crippen LogP contribution in [0.15, 0.2) is 23.2 Å². The predicted octanol–water partition coefficient (Wildman–Crippen LogP) is 3.67. The number of alkyl halides is 3. The summed E-state index contributed by atoms with van der Waals surface area (Å²) < 4.78 is 53.3. The van der Waals surface area contributed by atoms with Crippen LogP contribution in [0.5, 0.6) is 11.5 Å². The fourth-order valence-corrected chi connectivity index (χ4v) is 5.49. The van der Waals surface area contributed by atoms with Gasteiger partial charge in [0.1, 0.15) is 17.1 Å². The normalized spacial score (nSPS) is 26.5. The number of methoxy groups -OCH3 is 1. The summed E-state index contributed by atoms with van der Waals surface area (Å²) in [5.74, 6) is -0.822. The molecule has 0 saturated heterocycles. The van der Waals surface area contributed by atoms with Crippen molar-refractivity contribution in [2.75, 3.05) is 13.7 Å². The molecule has 0 spiro atoms. The highest BCUT2D eigenvalue weighted by atomic mass is 19.4. The number of carbonyl (C=O) groups excluding carboxylic acids is 2. The van der Waals surface area contributed by atoms with Gasteiger partial charge in [-0.15, -0.1) is 13.2 Å². The first-order chi connectivity index (χ1) is 17.6. The molecule has 1 fully saturated rings. The van der Waals surface area contributed by atoms with Crippen LogP contribution in [0.4, 0.5) is 13.2 Å². The first-order valence-electron chi connectivity index (χ1n) is 12.6. The maximum Gasteiger partial charge on any atom is 0.573 e. The summed E-state index contributed by atoms with van der Waals surface area (Å²) >= 11 is 0. The number of hydrogen-bond acceptors (Lipinski definition) is 7. The zero-order chi connectivity index (χ0) is 28.0. The average Bonchev–Trinajstić information content (AvgIpc) is 3.53. The van der Waals surface area contributed by atoms with Crippen molar-refractivity contribution in [1.82, 2.24) is 10.2 Å². The summed E-state index contributed by atoms with van der Waals surface area (Å²) in [7, 11) is 1.57. The highest BCUT2D eigenvalue weighted by Crippen LogP contribution is 2.47. The maximum atomic E-state index is 13.4. The number of guanidine groups is 1. The summed E-state index contributed by atoms with van der Waals surface area (Å²) in [6.07, 6.45) is -3.11. The standard InChI is InChI=1S/C26H35F3N4O5/c1-24(2)13-21(34)33(23(30)32-24)19(8-9-36-5)16-11-17(16)22(35)31-18-12-25(3,4)38-20-10-14(6-7-15(18)20)37-26(27,28)29/h6-7,10,16-19H,8-9,11-13H2,1-5H3,(H2,30,32)(H,31,35)/t16-,17-,18?,19+/m0/s1. The topological polar surface area (TPSA) is 115 Å². The molecule has 2 aliphatic heterocycles. The van der Waals surface area contributed by atoms with E-state index in [2.05, 4.69) is 15.0 Å². The van der Waals surface area contributed by atoms with E-state index >= 15 is 0 Å². The molecular weight excluding hydrogens is 505 g/mol. The van der Waals surface area contributed by atoms with Crippen molar-refractivity contribution < 1.29 is 37.0 Å². The molecular formula is C26H35F3N4O5. The average molecular weight is 541 g/mol. The quantitative estimate of drug-likeness (QED) is 0.520. The minimum Gasteiger partial charge on any atom is -0.487 e. The molecule has 1 aromatic rings. The van der Waals surface area contributed by atoms with Crippen LogP contribution in [0.1, 0.15) is 65.0 Å². The molecule has 1 aromatic carbocycles. The van der Waals surface area contributed by atoms with Crippen molar-refractivity contribution in [3.05, 3.63) is 23.8 Å². The number of rotatable bonds is 8. The Bertz CT molecular complexity index is 1120. The molecule has 2 amide bonds. The number of carbonyl (C=O) groups is 2. The van der Waals surface area contributed by atoms with Crippen molar-refractivity contribution in [3.63, 3.8) is 0 Å². The molecule has 2 heterocycles. The number of benzene rings is 1. The number of hydrogen-bond donors (Lipinski definition) is 2. The minimum atomic E-state index is -4.83. The number of halogens is 3. The van der Waals surface area contributed by atoms with Crippen LogP contribution in [0.25, 0.3) is 0 Å². The van der Waals surface area contributed by atoms with Crippen LogP contribution in [0.3, 0.4) is 0 Å². The second-order valence-electron chi connectivity index (χ2n) is 11.5. The molecule has 0 bridgehead atoms. The van der Waals surface area contributed by atoms with Crippen LogP contribution >= 0.6 is 0 Å². The molecule has 12 heteroatoms. The summed E-state index contributed by atoms with van der Waals surface area (Å²) in [6, 6.07) is 3.07.